The second-order valence-corrected chi connectivity index (χ2v) is 4.61. The quantitative estimate of drug-likeness (QED) is 0.800. The minimum Gasteiger partial charge on any atom is -0.311 e. The van der Waals surface area contributed by atoms with E-state index in [9.17, 15) is 4.79 Å². The van der Waals surface area contributed by atoms with Gasteiger partial charge in [-0.25, -0.2) is 4.98 Å². The normalized spacial score (nSPS) is 10.4. The summed E-state index contributed by atoms with van der Waals surface area (Å²) in [5, 5.41) is 2.77. The Morgan fingerprint density at radius 1 is 1.53 bits per heavy atom. The number of aromatic nitrogens is 1. The number of nitrogens with one attached hydrogen (secondary N) is 1. The third kappa shape index (κ3) is 4.34. The summed E-state index contributed by atoms with van der Waals surface area (Å²) in [5.41, 5.74) is 0. The summed E-state index contributed by atoms with van der Waals surface area (Å²) >= 11 is 1.63. The zero-order chi connectivity index (χ0) is 11.3. The monoisotopic (exact) mass is 224 g/mol. The van der Waals surface area contributed by atoms with Crippen molar-refractivity contribution in [2.75, 3.05) is 11.6 Å². The van der Waals surface area contributed by atoms with Crippen LogP contribution in [-0.4, -0.2) is 17.1 Å². The molecule has 0 fully saturated rings. The van der Waals surface area contributed by atoms with Gasteiger partial charge in [0, 0.05) is 17.5 Å². The highest BCUT2D eigenvalue weighted by Crippen LogP contribution is 2.14. The minimum atomic E-state index is 0.0226. The number of thioether (sulfide) groups is 1. The molecule has 0 bridgehead atoms. The van der Waals surface area contributed by atoms with Crippen molar-refractivity contribution in [1.29, 1.82) is 0 Å². The number of rotatable bonds is 4. The number of hydrogen-bond acceptors (Lipinski definition) is 3. The van der Waals surface area contributed by atoms with E-state index >= 15 is 0 Å². The standard InChI is InChI=1S/C11H16N2OS/c1-8(2)6-11(14)13-10-5-4-9(15-3)7-12-10/h4-5,7-8H,6H2,1-3H3,(H,12,13,14). The van der Waals surface area contributed by atoms with Crippen molar-refractivity contribution in [2.24, 2.45) is 5.92 Å². The fourth-order valence-electron chi connectivity index (χ4n) is 1.14. The number of anilines is 1. The van der Waals surface area contributed by atoms with Crippen LogP contribution in [0.15, 0.2) is 23.2 Å². The number of pyridine rings is 1. The first-order valence-electron chi connectivity index (χ1n) is 4.91. The molecule has 1 amide bonds. The Bertz CT molecular complexity index is 322. The predicted octanol–water partition coefficient (Wildman–Crippen LogP) is 2.79. The molecule has 4 heteroatoms. The molecule has 1 rings (SSSR count). The van der Waals surface area contributed by atoms with Crippen LogP contribution >= 0.6 is 11.8 Å². The van der Waals surface area contributed by atoms with Crippen molar-refractivity contribution < 1.29 is 4.79 Å². The molecule has 0 saturated heterocycles. The summed E-state index contributed by atoms with van der Waals surface area (Å²) in [5.74, 6) is 1.02. The van der Waals surface area contributed by atoms with Crippen LogP contribution in [0.3, 0.4) is 0 Å². The van der Waals surface area contributed by atoms with Crippen LogP contribution in [0.1, 0.15) is 20.3 Å². The molecular weight excluding hydrogens is 208 g/mol. The second kappa shape index (κ2) is 5.75. The lowest BCUT2D eigenvalue weighted by Gasteiger charge is -2.06. The zero-order valence-corrected chi connectivity index (χ0v) is 10.1. The summed E-state index contributed by atoms with van der Waals surface area (Å²) < 4.78 is 0. The Morgan fingerprint density at radius 3 is 2.73 bits per heavy atom. The maximum Gasteiger partial charge on any atom is 0.225 e. The predicted molar refractivity (Wildman–Crippen MR) is 64.1 cm³/mol. The summed E-state index contributed by atoms with van der Waals surface area (Å²) in [6, 6.07) is 3.77. The summed E-state index contributed by atoms with van der Waals surface area (Å²) in [6.07, 6.45) is 4.29. The lowest BCUT2D eigenvalue weighted by atomic mass is 10.1. The summed E-state index contributed by atoms with van der Waals surface area (Å²) in [7, 11) is 0. The third-order valence-electron chi connectivity index (χ3n) is 1.83. The van der Waals surface area contributed by atoms with Gasteiger partial charge in [-0.05, 0) is 24.3 Å². The van der Waals surface area contributed by atoms with Crippen molar-refractivity contribution in [3.05, 3.63) is 18.3 Å². The Hall–Kier alpha value is -1.03. The molecule has 1 heterocycles. The molecule has 82 valence electrons. The van der Waals surface area contributed by atoms with Crippen LogP contribution < -0.4 is 5.32 Å². The van der Waals surface area contributed by atoms with E-state index < -0.39 is 0 Å². The maximum absolute atomic E-state index is 11.4. The molecule has 0 radical (unpaired) electrons. The minimum absolute atomic E-state index is 0.0226. The first-order chi connectivity index (χ1) is 7.11. The lowest BCUT2D eigenvalue weighted by molar-refractivity contribution is -0.116. The fraction of sp³-hybridized carbons (Fsp3) is 0.455. The van der Waals surface area contributed by atoms with E-state index in [0.717, 1.165) is 4.90 Å². The SMILES string of the molecule is CSc1ccc(NC(=O)CC(C)C)nc1. The van der Waals surface area contributed by atoms with Gasteiger partial charge in [-0.1, -0.05) is 13.8 Å². The Kier molecular flexibility index (Phi) is 4.62. The smallest absolute Gasteiger partial charge is 0.225 e. The number of carbonyl (C=O) groups is 1. The van der Waals surface area contributed by atoms with E-state index in [1.807, 2.05) is 32.2 Å². The molecule has 1 aromatic rings. The van der Waals surface area contributed by atoms with Crippen molar-refractivity contribution in [3.8, 4) is 0 Å². The Balaban J connectivity index is 2.53. The van der Waals surface area contributed by atoms with Gasteiger partial charge < -0.3 is 5.32 Å². The molecule has 0 aliphatic rings. The average Bonchev–Trinajstić information content (AvgIpc) is 2.17. The molecule has 1 N–H and O–H groups in total. The van der Waals surface area contributed by atoms with E-state index in [4.69, 9.17) is 0 Å². The van der Waals surface area contributed by atoms with Crippen LogP contribution in [0, 0.1) is 5.92 Å². The van der Waals surface area contributed by atoms with Gasteiger partial charge in [0.15, 0.2) is 0 Å². The van der Waals surface area contributed by atoms with Gasteiger partial charge in [-0.15, -0.1) is 11.8 Å². The molecule has 0 unspecified atom stereocenters. The van der Waals surface area contributed by atoms with Gasteiger partial charge >= 0.3 is 0 Å². The van der Waals surface area contributed by atoms with Gasteiger partial charge in [-0.2, -0.15) is 0 Å². The summed E-state index contributed by atoms with van der Waals surface area (Å²) in [6.45, 7) is 4.04. The summed E-state index contributed by atoms with van der Waals surface area (Å²) in [4.78, 5) is 16.7. The largest absolute Gasteiger partial charge is 0.311 e. The van der Waals surface area contributed by atoms with Crippen LogP contribution in [0.25, 0.3) is 0 Å². The van der Waals surface area contributed by atoms with Crippen molar-refractivity contribution >= 4 is 23.5 Å². The molecule has 1 aromatic heterocycles. The van der Waals surface area contributed by atoms with Crippen molar-refractivity contribution in [2.45, 2.75) is 25.2 Å². The van der Waals surface area contributed by atoms with Crippen LogP contribution in [0.5, 0.6) is 0 Å². The second-order valence-electron chi connectivity index (χ2n) is 3.73. The van der Waals surface area contributed by atoms with Crippen molar-refractivity contribution in [1.82, 2.24) is 4.98 Å². The fourth-order valence-corrected chi connectivity index (χ4v) is 1.50. The highest BCUT2D eigenvalue weighted by Gasteiger charge is 2.05. The Morgan fingerprint density at radius 2 is 2.27 bits per heavy atom. The van der Waals surface area contributed by atoms with Crippen molar-refractivity contribution in [3.63, 3.8) is 0 Å². The molecule has 15 heavy (non-hydrogen) atoms. The topological polar surface area (TPSA) is 42.0 Å². The van der Waals surface area contributed by atoms with E-state index in [-0.39, 0.29) is 5.91 Å². The van der Waals surface area contributed by atoms with Crippen LogP contribution in [0.2, 0.25) is 0 Å². The first kappa shape index (κ1) is 12.0. The molecular formula is C11H16N2OS. The van der Waals surface area contributed by atoms with E-state index in [1.54, 1.807) is 18.0 Å². The molecule has 0 aliphatic carbocycles. The number of nitrogens with zero attached hydrogens (tertiary/aromatic N) is 1. The molecule has 0 saturated carbocycles. The molecule has 0 aromatic carbocycles. The highest BCUT2D eigenvalue weighted by molar-refractivity contribution is 7.98. The molecule has 3 nitrogen and oxygen atoms in total. The van der Waals surface area contributed by atoms with Crippen LogP contribution in [0.4, 0.5) is 5.82 Å². The first-order valence-corrected chi connectivity index (χ1v) is 6.14. The zero-order valence-electron chi connectivity index (χ0n) is 9.28. The number of amides is 1. The third-order valence-corrected chi connectivity index (χ3v) is 2.55. The Labute approximate surface area is 94.7 Å². The van der Waals surface area contributed by atoms with E-state index in [0.29, 0.717) is 18.2 Å². The molecule has 0 aliphatic heterocycles. The van der Waals surface area contributed by atoms with Gasteiger partial charge in [0.1, 0.15) is 5.82 Å². The van der Waals surface area contributed by atoms with Crippen LogP contribution in [-0.2, 0) is 4.79 Å². The number of carbonyl (C=O) groups excluding carboxylic acids is 1. The van der Waals surface area contributed by atoms with Gasteiger partial charge in [0.05, 0.1) is 0 Å². The lowest BCUT2D eigenvalue weighted by Crippen LogP contribution is -2.14. The van der Waals surface area contributed by atoms with Gasteiger partial charge in [0.2, 0.25) is 5.91 Å². The van der Waals surface area contributed by atoms with E-state index in [2.05, 4.69) is 10.3 Å². The average molecular weight is 224 g/mol. The number of hydrogen-bond donors (Lipinski definition) is 1. The van der Waals surface area contributed by atoms with Gasteiger partial charge in [0.25, 0.3) is 0 Å². The van der Waals surface area contributed by atoms with Gasteiger partial charge in [-0.3, -0.25) is 4.79 Å². The molecule has 0 spiro atoms. The molecule has 0 atom stereocenters. The maximum atomic E-state index is 11.4. The highest BCUT2D eigenvalue weighted by atomic mass is 32.2. The van der Waals surface area contributed by atoms with E-state index in [1.165, 1.54) is 0 Å².